The Morgan fingerprint density at radius 3 is 2.48 bits per heavy atom. The van der Waals surface area contributed by atoms with Crippen molar-refractivity contribution in [3.63, 3.8) is 0 Å². The van der Waals surface area contributed by atoms with Crippen molar-refractivity contribution >= 4 is 11.0 Å². The van der Waals surface area contributed by atoms with Gasteiger partial charge in [-0.05, 0) is 38.2 Å². The molecule has 0 amide bonds. The number of hydrogen-bond acceptors (Lipinski definition) is 7. The van der Waals surface area contributed by atoms with Crippen LogP contribution in [0, 0.1) is 0 Å². The summed E-state index contributed by atoms with van der Waals surface area (Å²) in [6, 6.07) is 7.29. The van der Waals surface area contributed by atoms with Gasteiger partial charge in [0.1, 0.15) is 23.8 Å². The van der Waals surface area contributed by atoms with Gasteiger partial charge in [0.05, 0.1) is 23.8 Å². The number of alkyl halides is 3. The third kappa shape index (κ3) is 4.67. The Bertz CT molecular complexity index is 1700. The first kappa shape index (κ1) is 24.7. The number of halogens is 3. The topological polar surface area (TPSA) is 96.4 Å². The van der Waals surface area contributed by atoms with E-state index in [1.807, 2.05) is 12.1 Å². The summed E-state index contributed by atoms with van der Waals surface area (Å²) in [5.74, 6) is 1.68. The smallest absolute Gasteiger partial charge is 0.434 e. The van der Waals surface area contributed by atoms with Crippen LogP contribution in [-0.2, 0) is 19.3 Å². The number of ether oxygens (including phenoxy) is 1. The lowest BCUT2D eigenvalue weighted by molar-refractivity contribution is -0.140. The van der Waals surface area contributed by atoms with Gasteiger partial charge in [0.2, 0.25) is 5.88 Å². The first-order valence-electron chi connectivity index (χ1n) is 13.3. The number of aryl methyl sites for hydroxylation is 1. The van der Waals surface area contributed by atoms with Crippen molar-refractivity contribution in [2.75, 3.05) is 0 Å². The molecule has 1 aromatic carbocycles. The average molecular weight is 547 g/mol. The second kappa shape index (κ2) is 9.39. The summed E-state index contributed by atoms with van der Waals surface area (Å²) in [5, 5.41) is 5.32. The van der Waals surface area contributed by atoms with Crippen LogP contribution in [-0.4, -0.2) is 45.4 Å². The molecule has 0 aliphatic heterocycles. The van der Waals surface area contributed by atoms with Crippen LogP contribution >= 0.6 is 0 Å². The number of hydrogen-bond donors (Lipinski definition) is 0. The quantitative estimate of drug-likeness (QED) is 0.248. The summed E-state index contributed by atoms with van der Waals surface area (Å²) in [6.07, 6.45) is 5.91. The molecule has 0 atom stereocenters. The van der Waals surface area contributed by atoms with E-state index in [1.165, 1.54) is 4.57 Å². The minimum Gasteiger partial charge on any atom is -0.474 e. The van der Waals surface area contributed by atoms with Crippen molar-refractivity contribution in [2.24, 2.45) is 0 Å². The van der Waals surface area contributed by atoms with Crippen LogP contribution in [0.15, 0.2) is 49.2 Å². The Morgan fingerprint density at radius 1 is 0.975 bits per heavy atom. The molecule has 0 radical (unpaired) electrons. The molecule has 2 saturated carbocycles. The van der Waals surface area contributed by atoms with Gasteiger partial charge in [0.25, 0.3) is 0 Å². The maximum atomic E-state index is 13.2. The minimum absolute atomic E-state index is 0.174. The highest BCUT2D eigenvalue weighted by Gasteiger charge is 2.35. The van der Waals surface area contributed by atoms with Crippen molar-refractivity contribution in [3.8, 4) is 28.7 Å². The molecule has 4 aromatic heterocycles. The van der Waals surface area contributed by atoms with Crippen molar-refractivity contribution in [2.45, 2.75) is 63.9 Å². The third-order valence-corrected chi connectivity index (χ3v) is 7.16. The number of benzene rings is 1. The minimum atomic E-state index is -4.49. The third-order valence-electron chi connectivity index (χ3n) is 7.16. The zero-order chi connectivity index (χ0) is 27.4. The molecule has 0 saturated heterocycles. The number of rotatable bonds is 8. The second-order valence-corrected chi connectivity index (χ2v) is 10.2. The molecule has 0 spiro atoms. The largest absolute Gasteiger partial charge is 0.474 e. The molecule has 12 heteroatoms. The van der Waals surface area contributed by atoms with E-state index in [0.717, 1.165) is 54.1 Å². The SMILES string of the molecule is CCn1cc(C(F)(F)F)nc1-c1ccc(Cn2ncc3cnc(-c4c(OC5CC5)ncnc4C4CC4)nc32)cc1. The van der Waals surface area contributed by atoms with Crippen molar-refractivity contribution in [1.29, 1.82) is 0 Å². The van der Waals surface area contributed by atoms with Gasteiger partial charge < -0.3 is 9.30 Å². The van der Waals surface area contributed by atoms with Gasteiger partial charge in [-0.15, -0.1) is 0 Å². The molecule has 0 unspecified atom stereocenters. The van der Waals surface area contributed by atoms with Crippen LogP contribution in [0.5, 0.6) is 5.88 Å². The van der Waals surface area contributed by atoms with E-state index < -0.39 is 11.9 Å². The maximum Gasteiger partial charge on any atom is 0.434 e. The molecule has 5 aromatic rings. The lowest BCUT2D eigenvalue weighted by Crippen LogP contribution is -2.07. The van der Waals surface area contributed by atoms with Crippen LogP contribution in [0.1, 0.15) is 55.5 Å². The molecule has 7 rings (SSSR count). The lowest BCUT2D eigenvalue weighted by Gasteiger charge is -2.12. The first-order chi connectivity index (χ1) is 19.4. The van der Waals surface area contributed by atoms with E-state index >= 15 is 0 Å². The zero-order valence-corrected chi connectivity index (χ0v) is 21.6. The zero-order valence-electron chi connectivity index (χ0n) is 21.6. The highest BCUT2D eigenvalue weighted by molar-refractivity contribution is 5.77. The van der Waals surface area contributed by atoms with Crippen molar-refractivity contribution in [1.82, 2.24) is 39.3 Å². The van der Waals surface area contributed by atoms with Crippen molar-refractivity contribution in [3.05, 3.63) is 66.1 Å². The van der Waals surface area contributed by atoms with E-state index in [9.17, 15) is 13.2 Å². The predicted molar refractivity (Wildman–Crippen MR) is 139 cm³/mol. The van der Waals surface area contributed by atoms with Crippen molar-refractivity contribution < 1.29 is 17.9 Å². The molecule has 2 aliphatic carbocycles. The highest BCUT2D eigenvalue weighted by Crippen LogP contribution is 2.45. The summed E-state index contributed by atoms with van der Waals surface area (Å²) in [5.41, 5.74) is 2.96. The van der Waals surface area contributed by atoms with Crippen LogP contribution in [0.4, 0.5) is 13.2 Å². The molecular weight excluding hydrogens is 521 g/mol. The van der Waals surface area contributed by atoms with Gasteiger partial charge in [-0.25, -0.2) is 29.6 Å². The van der Waals surface area contributed by atoms with Gasteiger partial charge in [-0.1, -0.05) is 24.3 Å². The average Bonchev–Trinajstić information content (AvgIpc) is 3.88. The normalized spacial score (nSPS) is 15.6. The molecule has 204 valence electrons. The summed E-state index contributed by atoms with van der Waals surface area (Å²) in [7, 11) is 0. The second-order valence-electron chi connectivity index (χ2n) is 10.2. The highest BCUT2D eigenvalue weighted by atomic mass is 19.4. The van der Waals surface area contributed by atoms with Gasteiger partial charge >= 0.3 is 6.18 Å². The fourth-order valence-corrected chi connectivity index (χ4v) is 4.75. The molecule has 0 bridgehead atoms. The molecular formula is C28H25F3N8O. The maximum absolute atomic E-state index is 13.2. The summed E-state index contributed by atoms with van der Waals surface area (Å²) in [6.45, 7) is 2.58. The van der Waals surface area contributed by atoms with E-state index in [0.29, 0.717) is 41.9 Å². The van der Waals surface area contributed by atoms with E-state index in [2.05, 4.69) is 25.0 Å². The Morgan fingerprint density at radius 2 is 1.77 bits per heavy atom. The lowest BCUT2D eigenvalue weighted by atomic mass is 10.1. The van der Waals surface area contributed by atoms with E-state index in [1.54, 1.807) is 42.5 Å². The number of nitrogens with zero attached hydrogens (tertiary/aromatic N) is 8. The van der Waals surface area contributed by atoms with Crippen LogP contribution in [0.2, 0.25) is 0 Å². The van der Waals surface area contributed by atoms with Crippen LogP contribution in [0.3, 0.4) is 0 Å². The summed E-state index contributed by atoms with van der Waals surface area (Å²) >= 11 is 0. The molecule has 0 N–H and O–H groups in total. The van der Waals surface area contributed by atoms with Crippen LogP contribution < -0.4 is 4.74 Å². The first-order valence-corrected chi connectivity index (χ1v) is 13.3. The van der Waals surface area contributed by atoms with Gasteiger partial charge in [-0.3, -0.25) is 0 Å². The fraction of sp³-hybridized carbons (Fsp3) is 0.357. The Labute approximate surface area is 227 Å². The van der Waals surface area contributed by atoms with E-state index in [4.69, 9.17) is 9.72 Å². The van der Waals surface area contributed by atoms with E-state index in [-0.39, 0.29) is 11.9 Å². The summed E-state index contributed by atoms with van der Waals surface area (Å²) < 4.78 is 49.0. The Kier molecular flexibility index (Phi) is 5.79. The molecule has 2 fully saturated rings. The Balaban J connectivity index is 1.20. The predicted octanol–water partition coefficient (Wildman–Crippen LogP) is 5.65. The molecule has 4 heterocycles. The molecule has 2 aliphatic rings. The fourth-order valence-electron chi connectivity index (χ4n) is 4.75. The van der Waals surface area contributed by atoms with Crippen LogP contribution in [0.25, 0.3) is 33.8 Å². The monoisotopic (exact) mass is 546 g/mol. The number of imidazole rings is 1. The standard InChI is InChI=1S/C28H25F3N8O/c1-2-38-14-21(28(29,30)31)36-25(38)18-5-3-16(4-6-18)13-39-26-19(12-35-39)11-32-24(37-26)22-23(17-7-8-17)33-15-34-27(22)40-20-9-10-20/h3-6,11-12,14-15,17,20H,2,7-10,13H2,1H3. The number of fused-ring (bicyclic) bond motifs is 1. The van der Waals surface area contributed by atoms with Gasteiger partial charge in [0, 0.05) is 30.4 Å². The summed E-state index contributed by atoms with van der Waals surface area (Å²) in [4.78, 5) is 22.3. The van der Waals surface area contributed by atoms with Gasteiger partial charge in [0.15, 0.2) is 17.2 Å². The molecule has 40 heavy (non-hydrogen) atoms. The Hall–Kier alpha value is -4.35. The molecule has 9 nitrogen and oxygen atoms in total. The number of aromatic nitrogens is 8. The van der Waals surface area contributed by atoms with Gasteiger partial charge in [-0.2, -0.15) is 18.3 Å².